The van der Waals surface area contributed by atoms with Crippen LogP contribution in [0.3, 0.4) is 0 Å². The molecule has 2 nitrogen and oxygen atoms in total. The van der Waals surface area contributed by atoms with Crippen LogP contribution in [0.2, 0.25) is 0 Å². The molecular formula is C29H50O2. The zero-order valence-electron chi connectivity index (χ0n) is 21.5. The van der Waals surface area contributed by atoms with Crippen molar-refractivity contribution in [2.75, 3.05) is 7.11 Å². The fourth-order valence-corrected chi connectivity index (χ4v) is 9.37. The van der Waals surface area contributed by atoms with Crippen molar-refractivity contribution in [1.82, 2.24) is 0 Å². The Balaban J connectivity index is 1.57. The van der Waals surface area contributed by atoms with Crippen molar-refractivity contribution in [3.05, 3.63) is 11.6 Å². The number of fused-ring (bicyclic) bond motifs is 5. The molecule has 0 radical (unpaired) electrons. The summed E-state index contributed by atoms with van der Waals surface area (Å²) in [6, 6.07) is 0. The number of ether oxygens (including phenoxy) is 1. The topological polar surface area (TPSA) is 29.5 Å². The average molecular weight is 431 g/mol. The van der Waals surface area contributed by atoms with Crippen molar-refractivity contribution >= 4 is 0 Å². The summed E-state index contributed by atoms with van der Waals surface area (Å²) in [7, 11) is 1.95. The van der Waals surface area contributed by atoms with Gasteiger partial charge in [0.2, 0.25) is 0 Å². The highest BCUT2D eigenvalue weighted by Gasteiger charge is 2.61. The third-order valence-electron chi connectivity index (χ3n) is 11.1. The van der Waals surface area contributed by atoms with Crippen molar-refractivity contribution in [1.29, 1.82) is 0 Å². The highest BCUT2D eigenvalue weighted by molar-refractivity contribution is 5.25. The molecule has 2 heteroatoms. The molecule has 0 aliphatic heterocycles. The molecule has 5 unspecified atom stereocenters. The molecule has 4 aliphatic carbocycles. The average Bonchev–Trinajstić information content (AvgIpc) is 3.06. The van der Waals surface area contributed by atoms with Crippen molar-refractivity contribution in [3.8, 4) is 0 Å². The lowest BCUT2D eigenvalue weighted by atomic mass is 9.46. The summed E-state index contributed by atoms with van der Waals surface area (Å²) < 4.78 is 6.17. The largest absolute Gasteiger partial charge is 0.393 e. The number of allylic oxidation sites excluding steroid dienone is 1. The highest BCUT2D eigenvalue weighted by atomic mass is 16.5. The lowest BCUT2D eigenvalue weighted by molar-refractivity contribution is -0.104. The van der Waals surface area contributed by atoms with Gasteiger partial charge in [0, 0.05) is 7.11 Å². The molecular weight excluding hydrogens is 380 g/mol. The molecule has 0 spiro atoms. The van der Waals surface area contributed by atoms with Crippen LogP contribution in [0.4, 0.5) is 0 Å². The van der Waals surface area contributed by atoms with Gasteiger partial charge in [0.1, 0.15) is 0 Å². The maximum Gasteiger partial charge on any atom is 0.0625 e. The van der Waals surface area contributed by atoms with Crippen LogP contribution in [-0.2, 0) is 4.74 Å². The zero-order chi connectivity index (χ0) is 22.6. The number of methoxy groups -OCH3 is 1. The predicted molar refractivity (Wildman–Crippen MR) is 130 cm³/mol. The van der Waals surface area contributed by atoms with Crippen molar-refractivity contribution < 1.29 is 9.84 Å². The molecule has 1 N–H and O–H groups in total. The molecule has 4 rings (SSSR count). The van der Waals surface area contributed by atoms with Gasteiger partial charge in [-0.25, -0.2) is 0 Å². The summed E-state index contributed by atoms with van der Waals surface area (Å²) >= 11 is 0. The Kier molecular flexibility index (Phi) is 6.50. The van der Waals surface area contributed by atoms with E-state index in [0.29, 0.717) is 16.9 Å². The summed E-state index contributed by atoms with van der Waals surface area (Å²) in [6.07, 6.45) is 15.3. The first kappa shape index (κ1) is 23.8. The molecule has 0 heterocycles. The van der Waals surface area contributed by atoms with Gasteiger partial charge in [-0.15, -0.1) is 0 Å². The van der Waals surface area contributed by atoms with Crippen LogP contribution in [0.5, 0.6) is 0 Å². The lowest BCUT2D eigenvalue weighted by Crippen LogP contribution is -2.53. The molecule has 3 fully saturated rings. The molecule has 0 saturated heterocycles. The van der Waals surface area contributed by atoms with Gasteiger partial charge in [0.05, 0.1) is 12.2 Å². The minimum absolute atomic E-state index is 0.0989. The Morgan fingerprint density at radius 1 is 1.06 bits per heavy atom. The minimum Gasteiger partial charge on any atom is -0.393 e. The molecule has 3 saturated carbocycles. The van der Waals surface area contributed by atoms with E-state index in [4.69, 9.17) is 4.74 Å². The molecule has 178 valence electrons. The number of rotatable bonds is 6. The Morgan fingerprint density at radius 2 is 1.81 bits per heavy atom. The van der Waals surface area contributed by atoms with E-state index < -0.39 is 0 Å². The molecule has 0 aromatic rings. The molecule has 0 aromatic heterocycles. The normalized spacial score (nSPS) is 43.8. The SMILES string of the molecule is CO[C@H](CCC(C)C)C(C)(C)C1CCC2C3CC=C4CC(O)CC[C@@]4(C)C3CC[C@]21C. The Hall–Kier alpha value is -0.340. The summed E-state index contributed by atoms with van der Waals surface area (Å²) in [5, 5.41) is 10.3. The first-order chi connectivity index (χ1) is 14.5. The quantitative estimate of drug-likeness (QED) is 0.445. The second-order valence-corrected chi connectivity index (χ2v) is 13.3. The maximum atomic E-state index is 10.3. The van der Waals surface area contributed by atoms with Gasteiger partial charge >= 0.3 is 0 Å². The number of aliphatic hydroxyl groups excluding tert-OH is 1. The molecule has 4 aliphatic rings. The summed E-state index contributed by atoms with van der Waals surface area (Å²) in [5.41, 5.74) is 2.63. The van der Waals surface area contributed by atoms with E-state index in [0.717, 1.165) is 42.4 Å². The standard InChI is InChI=1S/C29H50O2/c1-19(2)8-13-26(31-7)27(3,4)25-12-11-23-22-10-9-20-18-21(30)14-16-28(20,5)24(22)15-17-29(23,25)6/h9,19,21-26,30H,8,10-18H2,1-7H3/t21?,22?,23?,24?,25?,26-,28-,29-/m1/s1. The fourth-order valence-electron chi connectivity index (χ4n) is 9.37. The van der Waals surface area contributed by atoms with E-state index in [2.05, 4.69) is 47.6 Å². The third kappa shape index (κ3) is 3.86. The third-order valence-corrected chi connectivity index (χ3v) is 11.1. The smallest absolute Gasteiger partial charge is 0.0625 e. The van der Waals surface area contributed by atoms with Gasteiger partial charge in [-0.1, -0.05) is 53.2 Å². The first-order valence-electron chi connectivity index (χ1n) is 13.4. The van der Waals surface area contributed by atoms with E-state index in [1.54, 1.807) is 5.57 Å². The highest BCUT2D eigenvalue weighted by Crippen LogP contribution is 2.68. The van der Waals surface area contributed by atoms with Crippen molar-refractivity contribution in [2.45, 2.75) is 118 Å². The molecule has 0 aromatic carbocycles. The van der Waals surface area contributed by atoms with Gasteiger partial charge in [-0.05, 0) is 110 Å². The number of hydrogen-bond donors (Lipinski definition) is 1. The van der Waals surface area contributed by atoms with Crippen LogP contribution in [0, 0.1) is 45.8 Å². The fraction of sp³-hybridized carbons (Fsp3) is 0.931. The lowest BCUT2D eigenvalue weighted by Gasteiger charge is -2.59. The second kappa shape index (κ2) is 8.46. The second-order valence-electron chi connectivity index (χ2n) is 13.3. The van der Waals surface area contributed by atoms with E-state index >= 15 is 0 Å². The number of hydrogen-bond acceptors (Lipinski definition) is 2. The molecule has 8 atom stereocenters. The van der Waals surface area contributed by atoms with Crippen LogP contribution in [0.1, 0.15) is 106 Å². The van der Waals surface area contributed by atoms with Crippen molar-refractivity contribution in [3.63, 3.8) is 0 Å². The Bertz CT molecular complexity index is 678. The number of aliphatic hydroxyl groups is 1. The van der Waals surface area contributed by atoms with E-state index in [-0.39, 0.29) is 11.5 Å². The van der Waals surface area contributed by atoms with E-state index in [1.165, 1.54) is 51.4 Å². The summed E-state index contributed by atoms with van der Waals surface area (Å²) in [6.45, 7) is 14.9. The van der Waals surface area contributed by atoms with Crippen LogP contribution in [-0.4, -0.2) is 24.4 Å². The Labute approximate surface area is 192 Å². The molecule has 31 heavy (non-hydrogen) atoms. The van der Waals surface area contributed by atoms with Crippen molar-refractivity contribution in [2.24, 2.45) is 45.8 Å². The summed E-state index contributed by atoms with van der Waals surface area (Å²) in [4.78, 5) is 0. The van der Waals surface area contributed by atoms with Crippen LogP contribution >= 0.6 is 0 Å². The van der Waals surface area contributed by atoms with E-state index in [9.17, 15) is 5.11 Å². The molecule has 0 bridgehead atoms. The predicted octanol–water partition coefficient (Wildman–Crippen LogP) is 7.40. The van der Waals surface area contributed by atoms with Gasteiger partial charge in [0.25, 0.3) is 0 Å². The molecule has 0 amide bonds. The van der Waals surface area contributed by atoms with Gasteiger partial charge in [-0.3, -0.25) is 0 Å². The van der Waals surface area contributed by atoms with Crippen LogP contribution in [0.15, 0.2) is 11.6 Å². The zero-order valence-corrected chi connectivity index (χ0v) is 21.5. The van der Waals surface area contributed by atoms with Gasteiger partial charge in [-0.2, -0.15) is 0 Å². The maximum absolute atomic E-state index is 10.3. The van der Waals surface area contributed by atoms with Gasteiger partial charge in [0.15, 0.2) is 0 Å². The van der Waals surface area contributed by atoms with Crippen LogP contribution < -0.4 is 0 Å². The minimum atomic E-state index is -0.0989. The summed E-state index contributed by atoms with van der Waals surface area (Å²) in [5.74, 6) is 4.04. The van der Waals surface area contributed by atoms with E-state index in [1.807, 2.05) is 7.11 Å². The Morgan fingerprint density at radius 3 is 2.48 bits per heavy atom. The van der Waals surface area contributed by atoms with Crippen LogP contribution in [0.25, 0.3) is 0 Å². The van der Waals surface area contributed by atoms with Gasteiger partial charge < -0.3 is 9.84 Å². The first-order valence-corrected chi connectivity index (χ1v) is 13.4. The monoisotopic (exact) mass is 430 g/mol.